The minimum Gasteiger partial charge on any atom is -0.493 e. The standard InChI is InChI=1S/C33H37N5O6/c1-20-16-23(44-31-25(18-34)26(13-14-35-31)36-29-8-6-7-15-43-29)10-11-24(20)30-21(2)32(39)38(33(40)37(30)3)19-22-9-12-27(41-4)28(17-22)42-5/h9-14,16-18,29,34H,6-8,15,19H2,1-5H3,(H,35,36). The average molecular weight is 600 g/mol. The molecular formula is C33H37N5O6. The fraction of sp³-hybridized carbons (Fsp3) is 0.333. The number of hydrogen-bond acceptors (Lipinski definition) is 9. The van der Waals surface area contributed by atoms with Crippen LogP contribution in [0.25, 0.3) is 11.3 Å². The van der Waals surface area contributed by atoms with Crippen molar-refractivity contribution in [2.75, 3.05) is 26.1 Å². The van der Waals surface area contributed by atoms with E-state index in [0.717, 1.165) is 36.0 Å². The SMILES string of the molecule is COc1ccc(Cn2c(=O)c(C)c(-c3ccc(Oc4nccc(NC5CCCCO5)c4C=N)cc3C)n(C)c2=O)cc1OC. The Bertz CT molecular complexity index is 1770. The van der Waals surface area contributed by atoms with Crippen LogP contribution < -0.4 is 30.8 Å². The molecule has 1 aliphatic rings. The Balaban J connectivity index is 1.43. The Labute approximate surface area is 255 Å². The van der Waals surface area contributed by atoms with E-state index in [9.17, 15) is 9.59 Å². The predicted octanol–water partition coefficient (Wildman–Crippen LogP) is 5.02. The Kier molecular flexibility index (Phi) is 9.15. The first-order valence-corrected chi connectivity index (χ1v) is 14.4. The highest BCUT2D eigenvalue weighted by molar-refractivity contribution is 5.88. The lowest BCUT2D eigenvalue weighted by Gasteiger charge is -2.25. The molecular weight excluding hydrogens is 562 g/mol. The first-order chi connectivity index (χ1) is 21.2. The summed E-state index contributed by atoms with van der Waals surface area (Å²) in [5.41, 5.74) is 3.67. The topological polar surface area (TPSA) is 130 Å². The molecule has 3 heterocycles. The number of anilines is 1. The summed E-state index contributed by atoms with van der Waals surface area (Å²) in [5.74, 6) is 1.88. The predicted molar refractivity (Wildman–Crippen MR) is 169 cm³/mol. The smallest absolute Gasteiger partial charge is 0.331 e. The van der Waals surface area contributed by atoms with Crippen molar-refractivity contribution in [3.8, 4) is 34.4 Å². The van der Waals surface area contributed by atoms with Gasteiger partial charge in [0.25, 0.3) is 5.56 Å². The fourth-order valence-corrected chi connectivity index (χ4v) is 5.51. The lowest BCUT2D eigenvalue weighted by molar-refractivity contribution is 0.0343. The van der Waals surface area contributed by atoms with Crippen LogP contribution in [-0.4, -0.2) is 47.4 Å². The zero-order valence-electron chi connectivity index (χ0n) is 25.6. The number of aryl methyl sites for hydroxylation is 1. The number of hydrogen-bond donors (Lipinski definition) is 2. The van der Waals surface area contributed by atoms with Gasteiger partial charge in [-0.05, 0) is 80.6 Å². The second-order valence-electron chi connectivity index (χ2n) is 10.7. The van der Waals surface area contributed by atoms with Gasteiger partial charge in [-0.15, -0.1) is 0 Å². The third-order valence-corrected chi connectivity index (χ3v) is 7.82. The summed E-state index contributed by atoms with van der Waals surface area (Å²) in [5, 5.41) is 11.4. The maximum absolute atomic E-state index is 13.5. The van der Waals surface area contributed by atoms with Crippen LogP contribution in [0.3, 0.4) is 0 Å². The van der Waals surface area contributed by atoms with Crippen molar-refractivity contribution in [2.45, 2.75) is 45.9 Å². The summed E-state index contributed by atoms with van der Waals surface area (Å²) in [7, 11) is 4.75. The van der Waals surface area contributed by atoms with Gasteiger partial charge in [0.2, 0.25) is 5.88 Å². The van der Waals surface area contributed by atoms with Gasteiger partial charge in [0.05, 0.1) is 37.7 Å². The summed E-state index contributed by atoms with van der Waals surface area (Å²) in [6.07, 6.45) is 5.73. The van der Waals surface area contributed by atoms with Crippen molar-refractivity contribution in [1.82, 2.24) is 14.1 Å². The molecule has 44 heavy (non-hydrogen) atoms. The van der Waals surface area contributed by atoms with Crippen LogP contribution in [0.1, 0.15) is 41.5 Å². The Morgan fingerprint density at radius 3 is 2.55 bits per heavy atom. The van der Waals surface area contributed by atoms with Crippen molar-refractivity contribution in [2.24, 2.45) is 7.05 Å². The number of aromatic nitrogens is 3. The second kappa shape index (κ2) is 13.2. The Hall–Kier alpha value is -4.90. The van der Waals surface area contributed by atoms with E-state index in [1.807, 2.05) is 19.1 Å². The van der Waals surface area contributed by atoms with Crippen LogP contribution in [0, 0.1) is 19.3 Å². The lowest BCUT2D eigenvalue weighted by Crippen LogP contribution is -2.41. The zero-order chi connectivity index (χ0) is 31.4. The molecule has 0 aliphatic carbocycles. The van der Waals surface area contributed by atoms with E-state index in [1.165, 1.54) is 22.5 Å². The van der Waals surface area contributed by atoms with Crippen molar-refractivity contribution in [1.29, 1.82) is 5.41 Å². The second-order valence-corrected chi connectivity index (χ2v) is 10.7. The highest BCUT2D eigenvalue weighted by atomic mass is 16.5. The zero-order valence-corrected chi connectivity index (χ0v) is 25.6. The number of rotatable bonds is 10. The van der Waals surface area contributed by atoms with E-state index in [2.05, 4.69) is 10.3 Å². The number of ether oxygens (including phenoxy) is 4. The fourth-order valence-electron chi connectivity index (χ4n) is 5.51. The normalized spacial score (nSPS) is 14.6. The summed E-state index contributed by atoms with van der Waals surface area (Å²) < 4.78 is 25.3. The number of pyridine rings is 1. The molecule has 1 fully saturated rings. The van der Waals surface area contributed by atoms with E-state index in [4.69, 9.17) is 24.4 Å². The van der Waals surface area contributed by atoms with Crippen LogP contribution in [0.15, 0.2) is 58.3 Å². The molecule has 0 spiro atoms. The summed E-state index contributed by atoms with van der Waals surface area (Å²) in [4.78, 5) is 31.4. The molecule has 1 aliphatic heterocycles. The Morgan fingerprint density at radius 1 is 1.07 bits per heavy atom. The third-order valence-electron chi connectivity index (χ3n) is 7.82. The minimum atomic E-state index is -0.434. The maximum Gasteiger partial charge on any atom is 0.331 e. The molecule has 0 saturated carbocycles. The molecule has 2 aromatic carbocycles. The number of methoxy groups -OCH3 is 2. The van der Waals surface area contributed by atoms with Gasteiger partial charge in [0.15, 0.2) is 11.5 Å². The molecule has 4 aromatic rings. The van der Waals surface area contributed by atoms with Gasteiger partial charge in [0, 0.05) is 37.2 Å². The minimum absolute atomic E-state index is 0.0852. The third kappa shape index (κ3) is 6.09. The van der Waals surface area contributed by atoms with Crippen LogP contribution in [-0.2, 0) is 18.3 Å². The van der Waals surface area contributed by atoms with Crippen LogP contribution in [0.5, 0.6) is 23.1 Å². The first-order valence-electron chi connectivity index (χ1n) is 14.4. The molecule has 11 heteroatoms. The monoisotopic (exact) mass is 599 g/mol. The van der Waals surface area contributed by atoms with Gasteiger partial charge in [-0.3, -0.25) is 13.9 Å². The van der Waals surface area contributed by atoms with E-state index >= 15 is 0 Å². The highest BCUT2D eigenvalue weighted by Gasteiger charge is 2.20. The molecule has 0 bridgehead atoms. The van der Waals surface area contributed by atoms with Crippen molar-refractivity contribution in [3.63, 3.8) is 0 Å². The molecule has 11 nitrogen and oxygen atoms in total. The average Bonchev–Trinajstić information content (AvgIpc) is 3.03. The number of nitrogens with zero attached hydrogens (tertiary/aromatic N) is 3. The largest absolute Gasteiger partial charge is 0.493 e. The number of nitrogens with one attached hydrogen (secondary N) is 2. The molecule has 1 unspecified atom stereocenters. The summed E-state index contributed by atoms with van der Waals surface area (Å²) >= 11 is 0. The Morgan fingerprint density at radius 2 is 1.86 bits per heavy atom. The molecule has 2 N–H and O–H groups in total. The summed E-state index contributed by atoms with van der Waals surface area (Å²) in [6, 6.07) is 12.5. The first kappa shape index (κ1) is 30.6. The van der Waals surface area contributed by atoms with Gasteiger partial charge in [0.1, 0.15) is 12.0 Å². The van der Waals surface area contributed by atoms with Gasteiger partial charge >= 0.3 is 5.69 Å². The van der Waals surface area contributed by atoms with E-state index in [-0.39, 0.29) is 24.2 Å². The molecule has 1 saturated heterocycles. The number of benzene rings is 2. The van der Waals surface area contributed by atoms with Gasteiger partial charge in [-0.1, -0.05) is 6.07 Å². The van der Waals surface area contributed by atoms with E-state index in [0.29, 0.717) is 46.4 Å². The van der Waals surface area contributed by atoms with Crippen LogP contribution >= 0.6 is 0 Å². The van der Waals surface area contributed by atoms with Crippen LogP contribution in [0.2, 0.25) is 0 Å². The van der Waals surface area contributed by atoms with Gasteiger partial charge in [-0.25, -0.2) is 9.78 Å². The van der Waals surface area contributed by atoms with Crippen molar-refractivity contribution in [3.05, 3.63) is 91.8 Å². The molecule has 0 amide bonds. The molecule has 0 radical (unpaired) electrons. The molecule has 230 valence electrons. The van der Waals surface area contributed by atoms with E-state index < -0.39 is 5.69 Å². The van der Waals surface area contributed by atoms with Crippen molar-refractivity contribution >= 4 is 11.9 Å². The van der Waals surface area contributed by atoms with E-state index in [1.54, 1.807) is 57.6 Å². The highest BCUT2D eigenvalue weighted by Crippen LogP contribution is 2.32. The van der Waals surface area contributed by atoms with Gasteiger partial charge < -0.3 is 29.7 Å². The lowest BCUT2D eigenvalue weighted by atomic mass is 10.0. The maximum atomic E-state index is 13.5. The summed E-state index contributed by atoms with van der Waals surface area (Å²) in [6.45, 7) is 4.41. The van der Waals surface area contributed by atoms with Crippen molar-refractivity contribution < 1.29 is 18.9 Å². The molecule has 5 rings (SSSR count). The quantitative estimate of drug-likeness (QED) is 0.243. The molecule has 2 aromatic heterocycles. The van der Waals surface area contributed by atoms with Gasteiger partial charge in [-0.2, -0.15) is 0 Å². The van der Waals surface area contributed by atoms with Crippen LogP contribution in [0.4, 0.5) is 5.69 Å². The molecule has 1 atom stereocenters.